The van der Waals surface area contributed by atoms with Crippen LogP contribution in [0.4, 0.5) is 5.69 Å². The lowest BCUT2D eigenvalue weighted by Crippen LogP contribution is -2.33. The predicted molar refractivity (Wildman–Crippen MR) is 149 cm³/mol. The van der Waals surface area contributed by atoms with Crippen LogP contribution in [0.1, 0.15) is 16.8 Å². The standard InChI is InChI=1S/C28H23N3O3S2/c1-19-25(27(33)31(29(19)2)22-11-7-4-8-12-22)30-26(32)24(36-28(30)35)17-20-13-15-23(16-14-20)34-18-21-9-5-3-6-10-21/h3-17H,18H2,1-2H3. The fourth-order valence-corrected chi connectivity index (χ4v) is 5.30. The molecule has 0 atom stereocenters. The highest BCUT2D eigenvalue weighted by atomic mass is 32.2. The maximum atomic E-state index is 13.4. The number of rotatable bonds is 6. The first-order valence-corrected chi connectivity index (χ1v) is 12.6. The number of thioether (sulfide) groups is 1. The monoisotopic (exact) mass is 513 g/mol. The smallest absolute Gasteiger partial charge is 0.296 e. The summed E-state index contributed by atoms with van der Waals surface area (Å²) in [5.41, 5.74) is 3.29. The summed E-state index contributed by atoms with van der Waals surface area (Å²) in [4.78, 5) is 28.6. The van der Waals surface area contributed by atoms with Crippen molar-refractivity contribution < 1.29 is 9.53 Å². The second kappa shape index (κ2) is 10.0. The molecule has 0 bridgehead atoms. The third-order valence-electron chi connectivity index (χ3n) is 5.97. The van der Waals surface area contributed by atoms with Crippen LogP contribution in [0.25, 0.3) is 11.8 Å². The van der Waals surface area contributed by atoms with Crippen LogP contribution in [-0.4, -0.2) is 19.6 Å². The molecular formula is C28H23N3O3S2. The second-order valence-corrected chi connectivity index (χ2v) is 9.95. The van der Waals surface area contributed by atoms with E-state index in [9.17, 15) is 9.59 Å². The van der Waals surface area contributed by atoms with Crippen molar-refractivity contribution in [3.05, 3.63) is 117 Å². The van der Waals surface area contributed by atoms with Gasteiger partial charge in [-0.05, 0) is 48.4 Å². The molecule has 5 rings (SSSR count). The SMILES string of the molecule is Cc1c(N2C(=O)C(=Cc3ccc(OCc4ccccc4)cc3)SC2=S)c(=O)n(-c2ccccc2)n1C. The molecule has 1 amide bonds. The van der Waals surface area contributed by atoms with Crippen molar-refractivity contribution in [1.29, 1.82) is 0 Å². The molecule has 8 heteroatoms. The van der Waals surface area contributed by atoms with Gasteiger partial charge >= 0.3 is 0 Å². The predicted octanol–water partition coefficient (Wildman–Crippen LogP) is 5.47. The number of aromatic nitrogens is 2. The summed E-state index contributed by atoms with van der Waals surface area (Å²) in [6, 6.07) is 26.8. The molecule has 0 N–H and O–H groups in total. The molecule has 180 valence electrons. The molecule has 1 aliphatic heterocycles. The van der Waals surface area contributed by atoms with Crippen LogP contribution in [0, 0.1) is 6.92 Å². The fraction of sp³-hybridized carbons (Fsp3) is 0.107. The lowest BCUT2D eigenvalue weighted by molar-refractivity contribution is -0.113. The maximum absolute atomic E-state index is 13.4. The van der Waals surface area contributed by atoms with E-state index in [2.05, 4.69) is 0 Å². The van der Waals surface area contributed by atoms with E-state index in [4.69, 9.17) is 17.0 Å². The average molecular weight is 514 g/mol. The summed E-state index contributed by atoms with van der Waals surface area (Å²) in [5, 5.41) is 0. The van der Waals surface area contributed by atoms with E-state index in [1.54, 1.807) is 22.5 Å². The first-order valence-electron chi connectivity index (χ1n) is 11.3. The number of carbonyl (C=O) groups is 1. The molecule has 0 saturated carbocycles. The number of nitrogens with zero attached hydrogens (tertiary/aromatic N) is 3. The van der Waals surface area contributed by atoms with Gasteiger partial charge in [0.1, 0.15) is 18.0 Å². The number of para-hydroxylation sites is 1. The van der Waals surface area contributed by atoms with Gasteiger partial charge in [-0.2, -0.15) is 0 Å². The molecule has 1 saturated heterocycles. The zero-order valence-corrected chi connectivity index (χ0v) is 21.4. The third kappa shape index (κ3) is 4.53. The van der Waals surface area contributed by atoms with E-state index in [0.717, 1.165) is 22.6 Å². The number of ether oxygens (including phenoxy) is 1. The highest BCUT2D eigenvalue weighted by Crippen LogP contribution is 2.36. The van der Waals surface area contributed by atoms with Crippen molar-refractivity contribution in [2.24, 2.45) is 7.05 Å². The molecule has 2 heterocycles. The van der Waals surface area contributed by atoms with Crippen molar-refractivity contribution in [2.45, 2.75) is 13.5 Å². The Labute approximate surface area is 218 Å². The molecule has 1 fully saturated rings. The fourth-order valence-electron chi connectivity index (χ4n) is 4.02. The Hall–Kier alpha value is -3.88. The van der Waals surface area contributed by atoms with Gasteiger partial charge in [0.2, 0.25) is 0 Å². The van der Waals surface area contributed by atoms with Crippen LogP contribution in [0.5, 0.6) is 5.75 Å². The van der Waals surface area contributed by atoms with Gasteiger partial charge in [-0.25, -0.2) is 4.68 Å². The van der Waals surface area contributed by atoms with E-state index in [-0.39, 0.29) is 17.2 Å². The number of thiocarbonyl (C=S) groups is 1. The summed E-state index contributed by atoms with van der Waals surface area (Å²) >= 11 is 6.72. The van der Waals surface area contributed by atoms with E-state index < -0.39 is 0 Å². The topological polar surface area (TPSA) is 56.5 Å². The van der Waals surface area contributed by atoms with Crippen molar-refractivity contribution in [1.82, 2.24) is 9.36 Å². The molecule has 0 unspecified atom stereocenters. The van der Waals surface area contributed by atoms with Crippen LogP contribution in [0.2, 0.25) is 0 Å². The van der Waals surface area contributed by atoms with Gasteiger partial charge in [0.05, 0.1) is 16.3 Å². The van der Waals surface area contributed by atoms with Crippen LogP contribution >= 0.6 is 24.0 Å². The van der Waals surface area contributed by atoms with Crippen molar-refractivity contribution in [2.75, 3.05) is 4.90 Å². The Morgan fingerprint density at radius 1 is 0.917 bits per heavy atom. The summed E-state index contributed by atoms with van der Waals surface area (Å²) in [6.07, 6.45) is 1.79. The Balaban J connectivity index is 1.38. The summed E-state index contributed by atoms with van der Waals surface area (Å²) < 4.78 is 9.46. The number of hydrogen-bond acceptors (Lipinski definition) is 5. The lowest BCUT2D eigenvalue weighted by atomic mass is 10.2. The Kier molecular flexibility index (Phi) is 6.63. The summed E-state index contributed by atoms with van der Waals surface area (Å²) in [5.74, 6) is 0.436. The number of carbonyl (C=O) groups excluding carboxylic acids is 1. The quantitative estimate of drug-likeness (QED) is 0.253. The van der Waals surface area contributed by atoms with Gasteiger partial charge in [-0.1, -0.05) is 84.6 Å². The number of benzene rings is 3. The van der Waals surface area contributed by atoms with Gasteiger partial charge in [0.15, 0.2) is 4.32 Å². The van der Waals surface area contributed by atoms with Crippen LogP contribution in [0.3, 0.4) is 0 Å². The number of hydrogen-bond donors (Lipinski definition) is 0. The van der Waals surface area contributed by atoms with Crippen LogP contribution in [0.15, 0.2) is 94.6 Å². The largest absolute Gasteiger partial charge is 0.489 e. The second-order valence-electron chi connectivity index (χ2n) is 8.27. The molecule has 1 aliphatic rings. The molecular weight excluding hydrogens is 490 g/mol. The molecule has 4 aromatic rings. The van der Waals surface area contributed by atoms with Crippen molar-refractivity contribution in [3.63, 3.8) is 0 Å². The molecule has 0 spiro atoms. The van der Waals surface area contributed by atoms with Gasteiger partial charge in [-0.3, -0.25) is 19.2 Å². The maximum Gasteiger partial charge on any atom is 0.296 e. The minimum absolute atomic E-state index is 0.275. The molecule has 1 aromatic heterocycles. The Bertz CT molecular complexity index is 1520. The van der Waals surface area contributed by atoms with E-state index >= 15 is 0 Å². The van der Waals surface area contributed by atoms with Gasteiger partial charge in [0, 0.05) is 7.05 Å². The first-order chi connectivity index (χ1) is 17.4. The Morgan fingerprint density at radius 3 is 2.22 bits per heavy atom. The first kappa shape index (κ1) is 23.8. The lowest BCUT2D eigenvalue weighted by Gasteiger charge is -2.12. The van der Waals surface area contributed by atoms with Crippen molar-refractivity contribution in [3.8, 4) is 11.4 Å². The minimum Gasteiger partial charge on any atom is -0.489 e. The molecule has 0 aliphatic carbocycles. The van der Waals surface area contributed by atoms with Crippen molar-refractivity contribution >= 4 is 46.0 Å². The minimum atomic E-state index is -0.305. The summed E-state index contributed by atoms with van der Waals surface area (Å²) in [6.45, 7) is 2.29. The molecule has 0 radical (unpaired) electrons. The molecule has 6 nitrogen and oxygen atoms in total. The van der Waals surface area contributed by atoms with Crippen LogP contribution in [-0.2, 0) is 18.4 Å². The average Bonchev–Trinajstić information content (AvgIpc) is 3.29. The highest BCUT2D eigenvalue weighted by Gasteiger charge is 2.37. The highest BCUT2D eigenvalue weighted by molar-refractivity contribution is 8.27. The number of amides is 1. The van der Waals surface area contributed by atoms with E-state index in [1.807, 2.05) is 91.9 Å². The number of anilines is 1. The van der Waals surface area contributed by atoms with Gasteiger partial charge in [0.25, 0.3) is 11.5 Å². The van der Waals surface area contributed by atoms with Gasteiger partial charge in [-0.15, -0.1) is 0 Å². The van der Waals surface area contributed by atoms with E-state index in [0.29, 0.717) is 21.5 Å². The summed E-state index contributed by atoms with van der Waals surface area (Å²) in [7, 11) is 1.79. The van der Waals surface area contributed by atoms with Gasteiger partial charge < -0.3 is 4.74 Å². The molecule has 3 aromatic carbocycles. The normalized spacial score (nSPS) is 14.6. The Morgan fingerprint density at radius 2 is 1.56 bits per heavy atom. The zero-order valence-electron chi connectivity index (χ0n) is 19.8. The molecule has 36 heavy (non-hydrogen) atoms. The van der Waals surface area contributed by atoms with E-state index in [1.165, 1.54) is 16.7 Å². The third-order valence-corrected chi connectivity index (χ3v) is 7.27. The zero-order chi connectivity index (χ0) is 25.2. The van der Waals surface area contributed by atoms with Crippen LogP contribution < -0.4 is 15.2 Å².